The van der Waals surface area contributed by atoms with Crippen molar-refractivity contribution in [1.82, 2.24) is 20.3 Å². The van der Waals surface area contributed by atoms with Gasteiger partial charge in [0.05, 0.1) is 29.2 Å². The quantitative estimate of drug-likeness (QED) is 0.397. The highest BCUT2D eigenvalue weighted by Gasteiger charge is 2.32. The van der Waals surface area contributed by atoms with E-state index in [0.29, 0.717) is 0 Å². The second-order valence-electron chi connectivity index (χ2n) is 6.99. The molecule has 0 aliphatic rings. The van der Waals surface area contributed by atoms with Gasteiger partial charge in [-0.05, 0) is 37.3 Å². The Morgan fingerprint density at radius 3 is 2.38 bits per heavy atom. The van der Waals surface area contributed by atoms with Crippen LogP contribution in [0.5, 0.6) is 5.75 Å². The zero-order valence-corrected chi connectivity index (χ0v) is 18.8. The summed E-state index contributed by atoms with van der Waals surface area (Å²) in [7, 11) is 0. The molecule has 0 radical (unpaired) electrons. The summed E-state index contributed by atoms with van der Waals surface area (Å²) in [5.41, 5.74) is -0.494. The molecule has 3 rings (SSSR count). The molecule has 0 aliphatic carbocycles. The van der Waals surface area contributed by atoms with Crippen LogP contribution in [0.15, 0.2) is 53.4 Å². The van der Waals surface area contributed by atoms with Gasteiger partial charge in [0.1, 0.15) is 11.4 Å². The summed E-state index contributed by atoms with van der Waals surface area (Å²) in [6.07, 6.45) is -5.34. The third kappa shape index (κ3) is 6.65. The number of alkyl halides is 6. The monoisotopic (exact) mass is 548 g/mol. The summed E-state index contributed by atoms with van der Waals surface area (Å²) < 4.78 is 80.8. The van der Waals surface area contributed by atoms with Crippen LogP contribution in [0.3, 0.4) is 0 Å². The highest BCUT2D eigenvalue weighted by Crippen LogP contribution is 2.32. The van der Waals surface area contributed by atoms with Crippen molar-refractivity contribution >= 4 is 21.8 Å². The Morgan fingerprint density at radius 2 is 1.76 bits per heavy atom. The minimum Gasteiger partial charge on any atom is -0.483 e. The first-order valence-corrected chi connectivity index (χ1v) is 10.3. The number of nitrogens with zero attached hydrogens (tertiary/aromatic N) is 3. The van der Waals surface area contributed by atoms with Crippen molar-refractivity contribution < 1.29 is 35.9 Å². The van der Waals surface area contributed by atoms with Gasteiger partial charge in [-0.1, -0.05) is 15.9 Å². The molecule has 1 aromatic carbocycles. The molecule has 6 nitrogen and oxygen atoms in total. The maximum atomic E-state index is 13.1. The number of nitrogens with one attached hydrogen (secondary N) is 1. The number of carbonyl (C=O) groups excluding carboxylic acids is 1. The summed E-state index contributed by atoms with van der Waals surface area (Å²) in [5, 5.41) is 2.57. The predicted octanol–water partition coefficient (Wildman–Crippen LogP) is 5.75. The number of benzene rings is 1. The fraction of sp³-hybridized carbons (Fsp3) is 0.238. The maximum Gasteiger partial charge on any atom is 0.422 e. The second kappa shape index (κ2) is 9.95. The summed E-state index contributed by atoms with van der Waals surface area (Å²) in [5.74, 6) is -0.886. The number of hydrogen-bond acceptors (Lipinski definition) is 5. The van der Waals surface area contributed by atoms with E-state index in [0.717, 1.165) is 18.3 Å². The molecule has 2 aromatic heterocycles. The van der Waals surface area contributed by atoms with Gasteiger partial charge in [0.2, 0.25) is 0 Å². The molecule has 2 heterocycles. The first-order valence-electron chi connectivity index (χ1n) is 9.49. The third-order valence-corrected chi connectivity index (χ3v) is 4.81. The van der Waals surface area contributed by atoms with Crippen molar-refractivity contribution in [2.45, 2.75) is 25.3 Å². The molecule has 0 saturated carbocycles. The lowest BCUT2D eigenvalue weighted by molar-refractivity contribution is -0.153. The Kier molecular flexibility index (Phi) is 7.44. The number of amides is 1. The molecule has 0 saturated heterocycles. The number of pyridine rings is 1. The van der Waals surface area contributed by atoms with Crippen LogP contribution in [0.25, 0.3) is 11.4 Å². The number of ether oxygens (including phenoxy) is 1. The van der Waals surface area contributed by atoms with Crippen molar-refractivity contribution in [3.05, 3.63) is 70.2 Å². The Morgan fingerprint density at radius 1 is 1.06 bits per heavy atom. The predicted molar refractivity (Wildman–Crippen MR) is 112 cm³/mol. The molecule has 1 amide bonds. The normalized spacial score (nSPS) is 12.8. The number of carbonyl (C=O) groups is 1. The van der Waals surface area contributed by atoms with Crippen LogP contribution in [0.2, 0.25) is 0 Å². The zero-order valence-electron chi connectivity index (χ0n) is 17.2. The minimum atomic E-state index is -4.63. The van der Waals surface area contributed by atoms with Gasteiger partial charge in [-0.3, -0.25) is 19.7 Å². The Labute approximate surface area is 197 Å². The highest BCUT2D eigenvalue weighted by molar-refractivity contribution is 9.10. The van der Waals surface area contributed by atoms with Crippen molar-refractivity contribution in [1.29, 1.82) is 0 Å². The molecule has 0 bridgehead atoms. The van der Waals surface area contributed by atoms with E-state index < -0.39 is 36.5 Å². The molecule has 1 atom stereocenters. The number of hydrogen-bond donors (Lipinski definition) is 1. The summed E-state index contributed by atoms with van der Waals surface area (Å²) in [4.78, 5) is 25.0. The lowest BCUT2D eigenvalue weighted by atomic mass is 10.1. The first kappa shape index (κ1) is 25.4. The fourth-order valence-corrected chi connectivity index (χ4v) is 3.36. The third-order valence-electron chi connectivity index (χ3n) is 4.35. The van der Waals surface area contributed by atoms with Gasteiger partial charge in [0.25, 0.3) is 5.91 Å². The smallest absolute Gasteiger partial charge is 0.422 e. The van der Waals surface area contributed by atoms with E-state index in [-0.39, 0.29) is 32.9 Å². The number of rotatable bonds is 6. The van der Waals surface area contributed by atoms with E-state index in [1.165, 1.54) is 30.6 Å². The van der Waals surface area contributed by atoms with E-state index in [4.69, 9.17) is 0 Å². The lowest BCUT2D eigenvalue weighted by Gasteiger charge is -2.17. The van der Waals surface area contributed by atoms with E-state index in [2.05, 4.69) is 40.9 Å². The standard InChI is InChI=1S/C21H15BrF6N4O2/c1-11(32-19(33)12-6-13(21(26,27)28)8-14(22)7-12)17-18(30-5-4-29-17)16-3-2-15(9-31-16)34-10-20(23,24)25/h2-9,11H,10H2,1H3,(H,32,33). The van der Waals surface area contributed by atoms with Crippen molar-refractivity contribution in [2.75, 3.05) is 6.61 Å². The van der Waals surface area contributed by atoms with Crippen LogP contribution in [-0.4, -0.2) is 33.6 Å². The van der Waals surface area contributed by atoms with Crippen molar-refractivity contribution in [3.8, 4) is 17.1 Å². The van der Waals surface area contributed by atoms with Crippen molar-refractivity contribution in [3.63, 3.8) is 0 Å². The molecule has 3 aromatic rings. The fourth-order valence-electron chi connectivity index (χ4n) is 2.87. The van der Waals surface area contributed by atoms with Gasteiger partial charge in [0, 0.05) is 22.4 Å². The minimum absolute atomic E-state index is 0.0809. The molecule has 0 spiro atoms. The maximum absolute atomic E-state index is 13.1. The van der Waals surface area contributed by atoms with Crippen LogP contribution in [0, 0.1) is 0 Å². The molecular weight excluding hydrogens is 534 g/mol. The first-order chi connectivity index (χ1) is 15.8. The molecular formula is C21H15BrF6N4O2. The van der Waals surface area contributed by atoms with Crippen LogP contribution >= 0.6 is 15.9 Å². The van der Waals surface area contributed by atoms with E-state index in [1.54, 1.807) is 6.92 Å². The summed E-state index contributed by atoms with van der Waals surface area (Å²) in [6, 6.07) is 4.68. The van der Waals surface area contributed by atoms with Gasteiger partial charge in [-0.25, -0.2) is 0 Å². The van der Waals surface area contributed by atoms with Gasteiger partial charge >= 0.3 is 12.4 Å². The van der Waals surface area contributed by atoms with Gasteiger partial charge < -0.3 is 10.1 Å². The zero-order chi connectivity index (χ0) is 25.1. The molecule has 1 N–H and O–H groups in total. The Balaban J connectivity index is 1.81. The number of halogens is 7. The van der Waals surface area contributed by atoms with Crippen LogP contribution in [-0.2, 0) is 6.18 Å². The average molecular weight is 549 g/mol. The molecule has 180 valence electrons. The highest BCUT2D eigenvalue weighted by atomic mass is 79.9. The summed E-state index contributed by atoms with van der Waals surface area (Å²) in [6.45, 7) is 0.0774. The largest absolute Gasteiger partial charge is 0.483 e. The Hall–Kier alpha value is -3.22. The molecule has 34 heavy (non-hydrogen) atoms. The number of aromatic nitrogens is 3. The van der Waals surface area contributed by atoms with E-state index in [1.807, 2.05) is 0 Å². The van der Waals surface area contributed by atoms with Crippen LogP contribution in [0.4, 0.5) is 26.3 Å². The molecule has 0 aliphatic heterocycles. The van der Waals surface area contributed by atoms with Crippen molar-refractivity contribution in [2.24, 2.45) is 0 Å². The molecule has 0 fully saturated rings. The lowest BCUT2D eigenvalue weighted by Crippen LogP contribution is -2.28. The van der Waals surface area contributed by atoms with Gasteiger partial charge in [-0.15, -0.1) is 0 Å². The summed E-state index contributed by atoms with van der Waals surface area (Å²) >= 11 is 2.97. The SMILES string of the molecule is CC(NC(=O)c1cc(Br)cc(C(F)(F)F)c1)c1nccnc1-c1ccc(OCC(F)(F)F)cn1. The van der Waals surface area contributed by atoms with E-state index in [9.17, 15) is 31.1 Å². The molecule has 13 heteroatoms. The second-order valence-corrected chi connectivity index (χ2v) is 7.91. The topological polar surface area (TPSA) is 77.0 Å². The van der Waals surface area contributed by atoms with Gasteiger partial charge in [-0.2, -0.15) is 26.3 Å². The Bertz CT molecular complexity index is 1170. The van der Waals surface area contributed by atoms with Crippen LogP contribution in [0.1, 0.15) is 34.6 Å². The molecule has 1 unspecified atom stereocenters. The average Bonchev–Trinajstić information content (AvgIpc) is 2.76. The van der Waals surface area contributed by atoms with E-state index >= 15 is 0 Å². The van der Waals surface area contributed by atoms with Crippen LogP contribution < -0.4 is 10.1 Å². The van der Waals surface area contributed by atoms with Gasteiger partial charge in [0.15, 0.2) is 6.61 Å².